The van der Waals surface area contributed by atoms with E-state index >= 15 is 0 Å². The Morgan fingerprint density at radius 2 is 1.67 bits per heavy atom. The average molecular weight is 420 g/mol. The Kier molecular flexibility index (Phi) is 16.1. The van der Waals surface area contributed by atoms with Crippen LogP contribution in [0.3, 0.4) is 0 Å². The summed E-state index contributed by atoms with van der Waals surface area (Å²) in [5.74, 6) is 1.23. The van der Waals surface area contributed by atoms with Crippen LogP contribution >= 0.6 is 0 Å². The Hall–Kier alpha value is -0.900. The minimum absolute atomic E-state index is 0.531. The van der Waals surface area contributed by atoms with Gasteiger partial charge in [0.1, 0.15) is 0 Å². The molecule has 0 aromatic heterocycles. The molecule has 0 spiro atoms. The second kappa shape index (κ2) is 17.7. The molecule has 1 aliphatic rings. The van der Waals surface area contributed by atoms with Gasteiger partial charge in [0.05, 0.1) is 0 Å². The summed E-state index contributed by atoms with van der Waals surface area (Å²) in [6.07, 6.45) is 17.0. The van der Waals surface area contributed by atoms with Gasteiger partial charge < -0.3 is 15.6 Å². The van der Waals surface area contributed by atoms with E-state index in [9.17, 15) is 0 Å². The Morgan fingerprint density at radius 3 is 2.33 bits per heavy atom. The van der Waals surface area contributed by atoms with Crippen LogP contribution in [-0.2, 0) is 17.6 Å². The monoisotopic (exact) mass is 419 g/mol. The molecule has 0 heterocycles. The summed E-state index contributed by atoms with van der Waals surface area (Å²) in [6, 6.07) is 7.14. The van der Waals surface area contributed by atoms with Crippen LogP contribution in [0.4, 0.5) is 0 Å². The van der Waals surface area contributed by atoms with Crippen molar-refractivity contribution in [1.82, 2.24) is 0 Å². The van der Waals surface area contributed by atoms with Crippen molar-refractivity contribution in [1.29, 1.82) is 0 Å². The van der Waals surface area contributed by atoms with Crippen molar-refractivity contribution in [2.45, 2.75) is 103 Å². The normalized spacial score (nSPS) is 16.5. The van der Waals surface area contributed by atoms with E-state index in [-0.39, 0.29) is 0 Å². The van der Waals surface area contributed by atoms with Gasteiger partial charge in [0.2, 0.25) is 0 Å². The van der Waals surface area contributed by atoms with Gasteiger partial charge in [-0.1, -0.05) is 83.4 Å². The van der Waals surface area contributed by atoms with E-state index in [1.54, 1.807) is 11.1 Å². The zero-order chi connectivity index (χ0) is 22.0. The van der Waals surface area contributed by atoms with E-state index in [1.807, 2.05) is 0 Å². The lowest BCUT2D eigenvalue weighted by Crippen LogP contribution is -2.20. The van der Waals surface area contributed by atoms with Crippen LogP contribution < -0.4 is 5.73 Å². The molecule has 0 aliphatic heterocycles. The predicted octanol–water partition coefficient (Wildman–Crippen LogP) is 6.40. The van der Waals surface area contributed by atoms with Crippen LogP contribution in [0.2, 0.25) is 0 Å². The third-order valence-corrected chi connectivity index (χ3v) is 6.45. The van der Waals surface area contributed by atoms with Gasteiger partial charge >= 0.3 is 0 Å². The fraction of sp³-hybridized carbons (Fsp3) is 0.778. The molecule has 0 radical (unpaired) electrons. The number of hydrogen-bond donors (Lipinski definition) is 2. The molecule has 1 unspecified atom stereocenters. The van der Waals surface area contributed by atoms with Crippen molar-refractivity contribution < 1.29 is 9.84 Å². The number of nitrogens with two attached hydrogens (primary N) is 1. The number of fused-ring (bicyclic) bond motifs is 1. The van der Waals surface area contributed by atoms with E-state index in [4.69, 9.17) is 15.6 Å². The van der Waals surface area contributed by atoms with Crippen LogP contribution in [0.15, 0.2) is 18.2 Å². The minimum Gasteiger partial charge on any atom is -0.400 e. The summed E-state index contributed by atoms with van der Waals surface area (Å²) in [5, 5.41) is 7.00. The van der Waals surface area contributed by atoms with Crippen LogP contribution in [0.1, 0.15) is 107 Å². The molecule has 1 aromatic carbocycles. The van der Waals surface area contributed by atoms with Crippen molar-refractivity contribution in [2.75, 3.05) is 26.9 Å². The van der Waals surface area contributed by atoms with Crippen molar-refractivity contribution in [2.24, 2.45) is 11.7 Å². The Balaban J connectivity index is 0.00000218. The second-order valence-electron chi connectivity index (χ2n) is 8.91. The van der Waals surface area contributed by atoms with Crippen LogP contribution in [0.5, 0.6) is 0 Å². The summed E-state index contributed by atoms with van der Waals surface area (Å²) in [4.78, 5) is 0. The van der Waals surface area contributed by atoms with Crippen LogP contribution in [-0.4, -0.2) is 32.0 Å². The molecular formula is C27H49NO2. The maximum Gasteiger partial charge on any atom is 0.0497 e. The molecule has 174 valence electrons. The van der Waals surface area contributed by atoms with Gasteiger partial charge in [-0.05, 0) is 67.2 Å². The first-order valence-corrected chi connectivity index (χ1v) is 12.6. The zero-order valence-electron chi connectivity index (χ0n) is 20.1. The van der Waals surface area contributed by atoms with E-state index < -0.39 is 0 Å². The highest BCUT2D eigenvalue weighted by Crippen LogP contribution is 2.30. The SMILES string of the molecule is CCCCCCCCCCOC[C@H]1CCc2cc(C(CN)CCC)ccc2C1.CO. The lowest BCUT2D eigenvalue weighted by atomic mass is 9.82. The Labute approximate surface area is 186 Å². The molecule has 0 saturated carbocycles. The van der Waals surface area contributed by atoms with Crippen LogP contribution in [0.25, 0.3) is 0 Å². The van der Waals surface area contributed by atoms with Crippen molar-refractivity contribution in [3.63, 3.8) is 0 Å². The van der Waals surface area contributed by atoms with Gasteiger partial charge in [-0.3, -0.25) is 0 Å². The molecule has 2 atom stereocenters. The number of ether oxygens (including phenoxy) is 1. The van der Waals surface area contributed by atoms with Gasteiger partial charge in [0.15, 0.2) is 0 Å². The van der Waals surface area contributed by atoms with E-state index in [0.717, 1.165) is 26.9 Å². The molecule has 0 saturated heterocycles. The molecule has 3 heteroatoms. The molecular weight excluding hydrogens is 370 g/mol. The second-order valence-corrected chi connectivity index (χ2v) is 8.91. The maximum absolute atomic E-state index is 7.00. The lowest BCUT2D eigenvalue weighted by Gasteiger charge is -2.26. The van der Waals surface area contributed by atoms with Crippen molar-refractivity contribution >= 4 is 0 Å². The molecule has 0 amide bonds. The Bertz CT molecular complexity index is 532. The van der Waals surface area contributed by atoms with Crippen molar-refractivity contribution in [3.05, 3.63) is 34.9 Å². The first-order chi connectivity index (χ1) is 14.8. The standard InChI is InChI=1S/C26H45NO.CH4O/c1-3-5-6-7-8-9-10-11-17-28-21-22-13-14-24-19-25(16-15-23(24)18-22)26(20-27)12-4-2;1-2/h15-16,19,22,26H,3-14,17-18,20-21,27H2,1-2H3;2H,1H3/t22-,26?;/m0./s1. The zero-order valence-corrected chi connectivity index (χ0v) is 20.1. The highest BCUT2D eigenvalue weighted by atomic mass is 16.5. The minimum atomic E-state index is 0.531. The van der Waals surface area contributed by atoms with Gasteiger partial charge in [-0.15, -0.1) is 0 Å². The fourth-order valence-corrected chi connectivity index (χ4v) is 4.60. The quantitative estimate of drug-likeness (QED) is 0.323. The van der Waals surface area contributed by atoms with E-state index in [0.29, 0.717) is 11.8 Å². The summed E-state index contributed by atoms with van der Waals surface area (Å²) >= 11 is 0. The smallest absolute Gasteiger partial charge is 0.0497 e. The maximum atomic E-state index is 7.00. The topological polar surface area (TPSA) is 55.5 Å². The largest absolute Gasteiger partial charge is 0.400 e. The number of hydrogen-bond acceptors (Lipinski definition) is 3. The number of unbranched alkanes of at least 4 members (excludes halogenated alkanes) is 7. The lowest BCUT2D eigenvalue weighted by molar-refractivity contribution is 0.0911. The van der Waals surface area contributed by atoms with Gasteiger partial charge in [0, 0.05) is 20.3 Å². The third-order valence-electron chi connectivity index (χ3n) is 6.45. The number of aryl methyl sites for hydroxylation is 1. The summed E-state index contributed by atoms with van der Waals surface area (Å²) in [7, 11) is 1.00. The van der Waals surface area contributed by atoms with E-state index in [2.05, 4.69) is 32.0 Å². The molecule has 30 heavy (non-hydrogen) atoms. The van der Waals surface area contributed by atoms with Gasteiger partial charge in [-0.2, -0.15) is 0 Å². The molecule has 3 N–H and O–H groups in total. The Morgan fingerprint density at radius 1 is 0.967 bits per heavy atom. The van der Waals surface area contributed by atoms with Crippen molar-refractivity contribution in [3.8, 4) is 0 Å². The molecule has 0 fully saturated rings. The van der Waals surface area contributed by atoms with Gasteiger partial charge in [-0.25, -0.2) is 0 Å². The predicted molar refractivity (Wildman–Crippen MR) is 130 cm³/mol. The highest BCUT2D eigenvalue weighted by Gasteiger charge is 2.20. The molecule has 2 rings (SSSR count). The summed E-state index contributed by atoms with van der Waals surface area (Å²) in [6.45, 7) is 7.19. The number of benzene rings is 1. The number of aliphatic hydroxyl groups is 1. The first-order valence-electron chi connectivity index (χ1n) is 12.6. The van der Waals surface area contributed by atoms with Crippen LogP contribution in [0, 0.1) is 5.92 Å². The number of aliphatic hydroxyl groups excluding tert-OH is 1. The van der Waals surface area contributed by atoms with E-state index in [1.165, 1.54) is 89.0 Å². The summed E-state index contributed by atoms with van der Waals surface area (Å²) in [5.41, 5.74) is 10.6. The molecule has 1 aromatic rings. The summed E-state index contributed by atoms with van der Waals surface area (Å²) < 4.78 is 6.03. The van der Waals surface area contributed by atoms with Gasteiger partial charge in [0.25, 0.3) is 0 Å². The third kappa shape index (κ3) is 10.4. The average Bonchev–Trinajstić information content (AvgIpc) is 2.79. The first kappa shape index (κ1) is 27.1. The highest BCUT2D eigenvalue weighted by molar-refractivity contribution is 5.36. The molecule has 1 aliphatic carbocycles. The molecule has 3 nitrogen and oxygen atoms in total. The molecule has 0 bridgehead atoms. The number of rotatable bonds is 15. The fourth-order valence-electron chi connectivity index (χ4n) is 4.60.